The van der Waals surface area contributed by atoms with Gasteiger partial charge in [-0.05, 0) is 31.0 Å². The largest absolute Gasteiger partial charge is 0.466 e. The number of pyridine rings is 1. The van der Waals surface area contributed by atoms with Crippen molar-refractivity contribution in [3.63, 3.8) is 0 Å². The van der Waals surface area contributed by atoms with E-state index in [1.54, 1.807) is 24.5 Å². The first kappa shape index (κ1) is 26.1. The van der Waals surface area contributed by atoms with E-state index in [-0.39, 0.29) is 11.9 Å². The number of nitrogens with one attached hydrogen (secondary N) is 1. The lowest BCUT2D eigenvalue weighted by Crippen LogP contribution is -2.34. The molecule has 13 heteroatoms. The van der Waals surface area contributed by atoms with Gasteiger partial charge in [0.25, 0.3) is 5.91 Å². The third-order valence-electron chi connectivity index (χ3n) is 2.69. The Morgan fingerprint density at radius 2 is 1.46 bits per heavy atom. The predicted octanol–water partition coefficient (Wildman–Crippen LogP) is 0.585. The molecule has 1 heterocycles. The predicted molar refractivity (Wildman–Crippen MR) is 99.8 cm³/mol. The second kappa shape index (κ2) is 12.5. The normalized spacial score (nSPS) is 11.8. The molecule has 0 saturated carbocycles. The van der Waals surface area contributed by atoms with Crippen molar-refractivity contribution in [2.24, 2.45) is 0 Å². The van der Waals surface area contributed by atoms with Crippen molar-refractivity contribution in [1.82, 2.24) is 10.3 Å². The zero-order valence-corrected chi connectivity index (χ0v) is 16.5. The summed E-state index contributed by atoms with van der Waals surface area (Å²) < 4.78 is 17.8. The summed E-state index contributed by atoms with van der Waals surface area (Å²) in [5.41, 5.74) is 1.81. The summed E-state index contributed by atoms with van der Waals surface area (Å²) in [5, 5.41) is 2.97. The molecule has 0 saturated heterocycles. The summed E-state index contributed by atoms with van der Waals surface area (Å²) in [6.07, 6.45) is 4.06. The van der Waals surface area contributed by atoms with Crippen LogP contribution in [0.1, 0.15) is 22.8 Å². The summed E-state index contributed by atoms with van der Waals surface area (Å²) in [5.74, 6) is -0.0773. The zero-order chi connectivity index (χ0) is 21.8. The van der Waals surface area contributed by atoms with Crippen molar-refractivity contribution >= 4 is 21.6 Å². The quantitative estimate of drug-likeness (QED) is 0.333. The van der Waals surface area contributed by atoms with Gasteiger partial charge in [0.1, 0.15) is 0 Å². The fourth-order valence-corrected chi connectivity index (χ4v) is 1.82. The molecule has 1 aromatic heterocycles. The van der Waals surface area contributed by atoms with Crippen molar-refractivity contribution in [3.8, 4) is 0 Å². The minimum atomic E-state index is -4.64. The zero-order valence-electron chi connectivity index (χ0n) is 14.7. The number of nitrogens with zero attached hydrogens (tertiary/aromatic N) is 1. The van der Waals surface area contributed by atoms with Gasteiger partial charge < -0.3 is 34.7 Å². The van der Waals surface area contributed by atoms with Crippen LogP contribution in [-0.4, -0.2) is 46.3 Å². The maximum atomic E-state index is 11.9. The van der Waals surface area contributed by atoms with Gasteiger partial charge >= 0.3 is 15.6 Å². The van der Waals surface area contributed by atoms with Gasteiger partial charge in [0.15, 0.2) is 0 Å². The average molecular weight is 436 g/mol. The van der Waals surface area contributed by atoms with Crippen molar-refractivity contribution < 1.29 is 43.3 Å². The average Bonchev–Trinajstić information content (AvgIpc) is 2.53. The molecule has 1 amide bonds. The summed E-state index contributed by atoms with van der Waals surface area (Å²) in [6.45, 7) is 2.00. The van der Waals surface area contributed by atoms with Gasteiger partial charge in [-0.1, -0.05) is 30.3 Å². The van der Waals surface area contributed by atoms with E-state index < -0.39 is 15.6 Å². The Morgan fingerprint density at radius 1 is 0.964 bits per heavy atom. The van der Waals surface area contributed by atoms with Crippen LogP contribution >= 0.6 is 15.6 Å². The molecule has 0 aliphatic carbocycles. The molecule has 0 aliphatic rings. The SMILES string of the molecule is CC(Cc1ccccc1)NC(=O)c1cccnc1.O=P(O)(O)O.O=P(O)(O)O. The van der Waals surface area contributed by atoms with Crippen molar-refractivity contribution in [2.75, 3.05) is 0 Å². The van der Waals surface area contributed by atoms with E-state index in [0.717, 1.165) is 6.42 Å². The van der Waals surface area contributed by atoms with E-state index in [1.165, 1.54) is 5.56 Å². The van der Waals surface area contributed by atoms with Crippen molar-refractivity contribution in [2.45, 2.75) is 19.4 Å². The molecule has 7 N–H and O–H groups in total. The number of hydrogen-bond acceptors (Lipinski definition) is 4. The maximum absolute atomic E-state index is 11.9. The van der Waals surface area contributed by atoms with E-state index in [1.807, 2.05) is 25.1 Å². The van der Waals surface area contributed by atoms with Crippen LogP contribution in [0.2, 0.25) is 0 Å². The molecule has 0 radical (unpaired) electrons. The van der Waals surface area contributed by atoms with Gasteiger partial charge in [0.2, 0.25) is 0 Å². The number of benzene rings is 1. The smallest absolute Gasteiger partial charge is 0.349 e. The Hall–Kier alpha value is -1.94. The molecule has 1 aromatic carbocycles. The minimum Gasteiger partial charge on any atom is -0.349 e. The molecule has 156 valence electrons. The Labute approximate surface area is 161 Å². The summed E-state index contributed by atoms with van der Waals surface area (Å²) in [7, 11) is -9.28. The maximum Gasteiger partial charge on any atom is 0.466 e. The van der Waals surface area contributed by atoms with Gasteiger partial charge in [-0.15, -0.1) is 0 Å². The fourth-order valence-electron chi connectivity index (χ4n) is 1.82. The Bertz CT molecular complexity index is 757. The standard InChI is InChI=1S/C15H16N2O.2H3O4P/c1-12(10-13-6-3-2-4-7-13)17-15(18)14-8-5-9-16-11-14;2*1-5(2,3)4/h2-9,11-12H,10H2,1H3,(H,17,18);2*(H3,1,2,3,4). The van der Waals surface area contributed by atoms with Crippen LogP contribution in [0.3, 0.4) is 0 Å². The van der Waals surface area contributed by atoms with Crippen molar-refractivity contribution in [1.29, 1.82) is 0 Å². The summed E-state index contributed by atoms with van der Waals surface area (Å²) in [6, 6.07) is 13.7. The number of carbonyl (C=O) groups is 1. The summed E-state index contributed by atoms with van der Waals surface area (Å²) in [4.78, 5) is 59.0. The van der Waals surface area contributed by atoms with E-state index in [4.69, 9.17) is 38.5 Å². The number of carbonyl (C=O) groups excluding carboxylic acids is 1. The number of rotatable bonds is 4. The number of amides is 1. The lowest BCUT2D eigenvalue weighted by Gasteiger charge is -2.13. The van der Waals surface area contributed by atoms with Crippen LogP contribution in [0.25, 0.3) is 0 Å². The minimum absolute atomic E-state index is 0.0773. The topological polar surface area (TPSA) is 198 Å². The van der Waals surface area contributed by atoms with Crippen molar-refractivity contribution in [3.05, 3.63) is 66.0 Å². The molecule has 0 aliphatic heterocycles. The van der Waals surface area contributed by atoms with E-state index in [9.17, 15) is 4.79 Å². The Balaban J connectivity index is 0.000000607. The first-order valence-corrected chi connectivity index (χ1v) is 10.7. The molecule has 11 nitrogen and oxygen atoms in total. The summed E-state index contributed by atoms with van der Waals surface area (Å²) >= 11 is 0. The molecule has 2 rings (SSSR count). The second-order valence-corrected chi connectivity index (χ2v) is 7.39. The number of phosphoric acid groups is 2. The second-order valence-electron chi connectivity index (χ2n) is 5.33. The fraction of sp³-hybridized carbons (Fsp3) is 0.200. The highest BCUT2D eigenvalue weighted by Crippen LogP contribution is 2.26. The molecule has 0 bridgehead atoms. The number of hydrogen-bond donors (Lipinski definition) is 7. The molecule has 1 unspecified atom stereocenters. The lowest BCUT2D eigenvalue weighted by atomic mass is 10.1. The highest BCUT2D eigenvalue weighted by molar-refractivity contribution is 7.45. The molecular weight excluding hydrogens is 414 g/mol. The first-order chi connectivity index (χ1) is 12.8. The molecule has 2 aromatic rings. The third-order valence-corrected chi connectivity index (χ3v) is 2.69. The molecule has 0 spiro atoms. The van der Waals surface area contributed by atoms with E-state index >= 15 is 0 Å². The highest BCUT2D eigenvalue weighted by Gasteiger charge is 2.09. The Morgan fingerprint density at radius 3 is 1.89 bits per heavy atom. The van der Waals surface area contributed by atoms with E-state index in [2.05, 4.69) is 22.4 Å². The monoisotopic (exact) mass is 436 g/mol. The van der Waals surface area contributed by atoms with Crippen LogP contribution in [0.4, 0.5) is 0 Å². The van der Waals surface area contributed by atoms with Crippen LogP contribution in [-0.2, 0) is 15.6 Å². The number of aromatic nitrogens is 1. The van der Waals surface area contributed by atoms with Gasteiger partial charge in [-0.25, -0.2) is 9.13 Å². The third kappa shape index (κ3) is 18.8. The van der Waals surface area contributed by atoms with E-state index in [0.29, 0.717) is 5.56 Å². The van der Waals surface area contributed by atoms with Crippen LogP contribution < -0.4 is 5.32 Å². The van der Waals surface area contributed by atoms with Gasteiger partial charge in [-0.3, -0.25) is 9.78 Å². The Kier molecular flexibility index (Phi) is 11.6. The van der Waals surface area contributed by atoms with Crippen LogP contribution in [0, 0.1) is 0 Å². The first-order valence-electron chi connectivity index (χ1n) is 7.57. The lowest BCUT2D eigenvalue weighted by molar-refractivity contribution is 0.0939. The highest BCUT2D eigenvalue weighted by atomic mass is 31.2. The van der Waals surface area contributed by atoms with Crippen LogP contribution in [0.5, 0.6) is 0 Å². The van der Waals surface area contributed by atoms with Gasteiger partial charge in [0.05, 0.1) is 5.56 Å². The van der Waals surface area contributed by atoms with Gasteiger partial charge in [0, 0.05) is 18.4 Å². The van der Waals surface area contributed by atoms with Crippen LogP contribution in [0.15, 0.2) is 54.9 Å². The molecule has 0 fully saturated rings. The molecule has 28 heavy (non-hydrogen) atoms. The molecular formula is C15H22N2O9P2. The molecule has 1 atom stereocenters. The van der Waals surface area contributed by atoms with Gasteiger partial charge in [-0.2, -0.15) is 0 Å².